The molecule has 0 atom stereocenters. The summed E-state index contributed by atoms with van der Waals surface area (Å²) in [5.74, 6) is 6.47. The molecule has 0 saturated heterocycles. The number of fused-ring (bicyclic) bond motifs is 3. The normalized spacial score (nSPS) is 13.7. The van der Waals surface area contributed by atoms with Gasteiger partial charge in [-0.2, -0.15) is 0 Å². The first-order valence-corrected chi connectivity index (χ1v) is 9.06. The lowest BCUT2D eigenvalue weighted by molar-refractivity contribution is 0.320. The van der Waals surface area contributed by atoms with E-state index in [0.717, 1.165) is 33.4 Å². The minimum atomic E-state index is 0.140. The summed E-state index contributed by atoms with van der Waals surface area (Å²) < 4.78 is 0. The quantitative estimate of drug-likeness (QED) is 0.250. The Bertz CT molecular complexity index is 1100. The standard InChI is InChI=1S/C25H21NO/c1-25(2,3)19-13-10-17(11-14-19)8-9-18-12-15-21-20-6-4-5-7-22(20)24(26-27)23(21)16-18/h4-7,10-16,27H,1-3H3/b26-24+. The van der Waals surface area contributed by atoms with Crippen LogP contribution in [0.1, 0.15) is 48.6 Å². The van der Waals surface area contributed by atoms with Crippen molar-refractivity contribution in [3.63, 3.8) is 0 Å². The Balaban J connectivity index is 1.67. The van der Waals surface area contributed by atoms with E-state index in [2.05, 4.69) is 74.2 Å². The van der Waals surface area contributed by atoms with Crippen molar-refractivity contribution in [1.82, 2.24) is 0 Å². The summed E-state index contributed by atoms with van der Waals surface area (Å²) in [6.45, 7) is 6.61. The highest BCUT2D eigenvalue weighted by atomic mass is 16.4. The van der Waals surface area contributed by atoms with Gasteiger partial charge in [-0.3, -0.25) is 0 Å². The zero-order valence-corrected chi connectivity index (χ0v) is 15.7. The average Bonchev–Trinajstić information content (AvgIpc) is 2.99. The molecule has 4 rings (SSSR count). The van der Waals surface area contributed by atoms with Gasteiger partial charge >= 0.3 is 0 Å². The zero-order chi connectivity index (χ0) is 19.0. The van der Waals surface area contributed by atoms with Crippen LogP contribution in [0.3, 0.4) is 0 Å². The molecule has 0 radical (unpaired) electrons. The van der Waals surface area contributed by atoms with E-state index in [9.17, 15) is 5.21 Å². The van der Waals surface area contributed by atoms with Gasteiger partial charge in [0, 0.05) is 22.3 Å². The monoisotopic (exact) mass is 351 g/mol. The lowest BCUT2D eigenvalue weighted by Gasteiger charge is -2.18. The molecule has 2 heteroatoms. The van der Waals surface area contributed by atoms with Gasteiger partial charge in [-0.05, 0) is 46.4 Å². The fraction of sp³-hybridized carbons (Fsp3) is 0.160. The zero-order valence-electron chi connectivity index (χ0n) is 15.7. The summed E-state index contributed by atoms with van der Waals surface area (Å²) in [7, 11) is 0. The van der Waals surface area contributed by atoms with E-state index in [1.807, 2.05) is 30.3 Å². The van der Waals surface area contributed by atoms with E-state index < -0.39 is 0 Å². The maximum Gasteiger partial charge on any atom is 0.118 e. The molecular formula is C25H21NO. The molecule has 1 aliphatic rings. The Morgan fingerprint density at radius 1 is 0.704 bits per heavy atom. The predicted molar refractivity (Wildman–Crippen MR) is 110 cm³/mol. The van der Waals surface area contributed by atoms with Crippen LogP contribution in [0.25, 0.3) is 11.1 Å². The molecule has 1 aliphatic carbocycles. The highest BCUT2D eigenvalue weighted by Crippen LogP contribution is 2.37. The molecule has 3 aromatic rings. The van der Waals surface area contributed by atoms with Gasteiger partial charge in [0.25, 0.3) is 0 Å². The lowest BCUT2D eigenvalue weighted by atomic mass is 9.87. The molecule has 0 saturated carbocycles. The molecule has 3 aromatic carbocycles. The van der Waals surface area contributed by atoms with Crippen LogP contribution in [0, 0.1) is 11.8 Å². The Morgan fingerprint density at radius 3 is 1.96 bits per heavy atom. The van der Waals surface area contributed by atoms with Crippen LogP contribution in [0.15, 0.2) is 71.9 Å². The minimum Gasteiger partial charge on any atom is -0.410 e. The highest BCUT2D eigenvalue weighted by Gasteiger charge is 2.25. The Labute approximate surface area is 160 Å². The van der Waals surface area contributed by atoms with Gasteiger partial charge < -0.3 is 5.21 Å². The van der Waals surface area contributed by atoms with Crippen molar-refractivity contribution in [2.45, 2.75) is 26.2 Å². The molecule has 132 valence electrons. The Kier molecular flexibility index (Phi) is 4.09. The Morgan fingerprint density at radius 2 is 1.30 bits per heavy atom. The van der Waals surface area contributed by atoms with Crippen molar-refractivity contribution < 1.29 is 5.21 Å². The minimum absolute atomic E-state index is 0.140. The second kappa shape index (κ2) is 6.45. The Hall–Kier alpha value is -3.31. The first kappa shape index (κ1) is 17.1. The van der Waals surface area contributed by atoms with E-state index in [1.54, 1.807) is 0 Å². The fourth-order valence-corrected chi connectivity index (χ4v) is 3.43. The van der Waals surface area contributed by atoms with Crippen LogP contribution < -0.4 is 0 Å². The third-order valence-electron chi connectivity index (χ3n) is 4.95. The van der Waals surface area contributed by atoms with E-state index >= 15 is 0 Å². The second-order valence-corrected chi connectivity index (χ2v) is 7.83. The smallest absolute Gasteiger partial charge is 0.118 e. The number of hydrogen-bond donors (Lipinski definition) is 1. The number of rotatable bonds is 0. The summed E-state index contributed by atoms with van der Waals surface area (Å²) in [5, 5.41) is 13.0. The summed E-state index contributed by atoms with van der Waals surface area (Å²) in [6, 6.07) is 22.5. The molecule has 0 aromatic heterocycles. The largest absolute Gasteiger partial charge is 0.410 e. The van der Waals surface area contributed by atoms with Gasteiger partial charge in [0.15, 0.2) is 0 Å². The number of benzene rings is 3. The maximum atomic E-state index is 9.50. The summed E-state index contributed by atoms with van der Waals surface area (Å²) in [6.07, 6.45) is 0. The van der Waals surface area contributed by atoms with E-state index in [0.29, 0.717) is 5.71 Å². The number of oxime groups is 1. The van der Waals surface area contributed by atoms with Gasteiger partial charge in [-0.25, -0.2) is 0 Å². The van der Waals surface area contributed by atoms with Crippen molar-refractivity contribution in [2.75, 3.05) is 0 Å². The van der Waals surface area contributed by atoms with Crippen molar-refractivity contribution in [3.8, 4) is 23.0 Å². The van der Waals surface area contributed by atoms with E-state index in [4.69, 9.17) is 0 Å². The van der Waals surface area contributed by atoms with Crippen molar-refractivity contribution in [1.29, 1.82) is 0 Å². The molecule has 0 bridgehead atoms. The van der Waals surface area contributed by atoms with Gasteiger partial charge in [-0.1, -0.05) is 80.2 Å². The third-order valence-corrected chi connectivity index (χ3v) is 4.95. The van der Waals surface area contributed by atoms with Gasteiger partial charge in [0.1, 0.15) is 5.71 Å². The summed E-state index contributed by atoms with van der Waals surface area (Å²) in [5.41, 5.74) is 8.00. The molecule has 0 spiro atoms. The van der Waals surface area contributed by atoms with Crippen molar-refractivity contribution >= 4 is 5.71 Å². The predicted octanol–water partition coefficient (Wildman–Crippen LogP) is 5.59. The number of nitrogens with zero attached hydrogens (tertiary/aromatic N) is 1. The van der Waals surface area contributed by atoms with Gasteiger partial charge in [-0.15, -0.1) is 0 Å². The first-order chi connectivity index (χ1) is 13.0. The maximum absolute atomic E-state index is 9.50. The van der Waals surface area contributed by atoms with Crippen LogP contribution >= 0.6 is 0 Å². The molecule has 1 N–H and O–H groups in total. The van der Waals surface area contributed by atoms with Crippen molar-refractivity contribution in [3.05, 3.63) is 94.5 Å². The third kappa shape index (κ3) is 3.13. The lowest BCUT2D eigenvalue weighted by Crippen LogP contribution is -2.10. The van der Waals surface area contributed by atoms with Crippen LogP contribution in [-0.4, -0.2) is 10.9 Å². The topological polar surface area (TPSA) is 32.6 Å². The van der Waals surface area contributed by atoms with Crippen LogP contribution in [-0.2, 0) is 5.41 Å². The average molecular weight is 351 g/mol. The summed E-state index contributed by atoms with van der Waals surface area (Å²) >= 11 is 0. The first-order valence-electron chi connectivity index (χ1n) is 9.06. The molecular weight excluding hydrogens is 330 g/mol. The van der Waals surface area contributed by atoms with Gasteiger partial charge in [0.2, 0.25) is 0 Å². The SMILES string of the molecule is CC(C)(C)c1ccc(C#Cc2ccc3c(c2)/C(=N/O)c2ccccc2-3)cc1. The second-order valence-electron chi connectivity index (χ2n) is 7.83. The highest BCUT2D eigenvalue weighted by molar-refractivity contribution is 6.24. The molecule has 0 heterocycles. The van der Waals surface area contributed by atoms with Crippen molar-refractivity contribution in [2.24, 2.45) is 5.16 Å². The molecule has 0 amide bonds. The van der Waals surface area contributed by atoms with Crippen LogP contribution in [0.2, 0.25) is 0 Å². The molecule has 2 nitrogen and oxygen atoms in total. The molecule has 27 heavy (non-hydrogen) atoms. The van der Waals surface area contributed by atoms with Gasteiger partial charge in [0.05, 0.1) is 0 Å². The summed E-state index contributed by atoms with van der Waals surface area (Å²) in [4.78, 5) is 0. The van der Waals surface area contributed by atoms with Crippen LogP contribution in [0.5, 0.6) is 0 Å². The number of hydrogen-bond acceptors (Lipinski definition) is 2. The fourth-order valence-electron chi connectivity index (χ4n) is 3.43. The molecule has 0 unspecified atom stereocenters. The van der Waals surface area contributed by atoms with E-state index in [-0.39, 0.29) is 5.41 Å². The molecule has 0 aliphatic heterocycles. The van der Waals surface area contributed by atoms with Crippen LogP contribution in [0.4, 0.5) is 0 Å². The van der Waals surface area contributed by atoms with E-state index in [1.165, 1.54) is 5.56 Å². The molecule has 0 fully saturated rings.